The third-order valence-corrected chi connectivity index (χ3v) is 4.56. The van der Waals surface area contributed by atoms with E-state index in [1.54, 1.807) is 0 Å². The Kier molecular flexibility index (Phi) is 3.70. The number of aliphatic hydroxyl groups is 1. The van der Waals surface area contributed by atoms with E-state index in [0.29, 0.717) is 12.0 Å². The molecule has 0 spiro atoms. The van der Waals surface area contributed by atoms with Crippen molar-refractivity contribution in [2.24, 2.45) is 11.3 Å². The molecule has 2 nitrogen and oxygen atoms in total. The van der Waals surface area contributed by atoms with E-state index in [1.807, 2.05) is 19.9 Å². The van der Waals surface area contributed by atoms with Gasteiger partial charge < -0.3 is 9.84 Å². The van der Waals surface area contributed by atoms with Gasteiger partial charge in [-0.15, -0.1) is 0 Å². The maximum absolute atomic E-state index is 9.95. The molecule has 1 aliphatic carbocycles. The van der Waals surface area contributed by atoms with Crippen molar-refractivity contribution in [1.82, 2.24) is 0 Å². The molecule has 2 unspecified atom stereocenters. The first-order valence-electron chi connectivity index (χ1n) is 7.40. The first-order valence-corrected chi connectivity index (χ1v) is 7.40. The molecule has 2 aliphatic rings. The monoisotopic (exact) mass is 264 g/mol. The fraction of sp³-hybridized carbons (Fsp3) is 0.765. The first kappa shape index (κ1) is 14.8. The standard InChI is InChI=1S/C17H28O2/c1-6-7-8-9-13(2)10-17(5)14(19-17)15(3)11-16(4,18)12-15/h6-9,13-14,18H,10-12H2,1-5H3/b7-6-,9-8+/t13?,14?,15?,16?,17-/m1/s1. The minimum absolute atomic E-state index is 0.00490. The number of epoxide rings is 1. The molecule has 2 rings (SSSR count). The predicted octanol–water partition coefficient (Wildman–Crippen LogP) is 3.85. The predicted molar refractivity (Wildman–Crippen MR) is 79.0 cm³/mol. The van der Waals surface area contributed by atoms with Crippen molar-refractivity contribution in [1.29, 1.82) is 0 Å². The number of rotatable bonds is 5. The van der Waals surface area contributed by atoms with Gasteiger partial charge in [0.15, 0.2) is 0 Å². The summed E-state index contributed by atoms with van der Waals surface area (Å²) in [6.07, 6.45) is 11.6. The van der Waals surface area contributed by atoms with E-state index in [-0.39, 0.29) is 11.0 Å². The van der Waals surface area contributed by atoms with Crippen LogP contribution in [0.1, 0.15) is 53.9 Å². The van der Waals surface area contributed by atoms with Gasteiger partial charge >= 0.3 is 0 Å². The van der Waals surface area contributed by atoms with Gasteiger partial charge in [-0.25, -0.2) is 0 Å². The van der Waals surface area contributed by atoms with E-state index in [2.05, 4.69) is 39.0 Å². The number of ether oxygens (including phenoxy) is 1. The summed E-state index contributed by atoms with van der Waals surface area (Å²) in [4.78, 5) is 0. The van der Waals surface area contributed by atoms with Gasteiger partial charge in [0.1, 0.15) is 0 Å². The lowest BCUT2D eigenvalue weighted by Gasteiger charge is -2.49. The Morgan fingerprint density at radius 3 is 2.42 bits per heavy atom. The smallest absolute Gasteiger partial charge is 0.0931 e. The molecule has 0 radical (unpaired) electrons. The normalized spacial score (nSPS) is 47.6. The molecule has 3 atom stereocenters. The Hall–Kier alpha value is -0.600. The van der Waals surface area contributed by atoms with Crippen LogP contribution in [0, 0.1) is 11.3 Å². The van der Waals surface area contributed by atoms with Gasteiger partial charge in [0.2, 0.25) is 0 Å². The Morgan fingerprint density at radius 1 is 1.26 bits per heavy atom. The molecule has 1 heterocycles. The minimum Gasteiger partial charge on any atom is -0.390 e. The van der Waals surface area contributed by atoms with E-state index < -0.39 is 5.60 Å². The molecule has 2 fully saturated rings. The average molecular weight is 264 g/mol. The van der Waals surface area contributed by atoms with Gasteiger partial charge in [-0.05, 0) is 46.0 Å². The van der Waals surface area contributed by atoms with E-state index >= 15 is 0 Å². The van der Waals surface area contributed by atoms with Gasteiger partial charge in [0.25, 0.3) is 0 Å². The molecular weight excluding hydrogens is 236 g/mol. The highest BCUT2D eigenvalue weighted by molar-refractivity contribution is 5.16. The lowest BCUT2D eigenvalue weighted by Crippen LogP contribution is -2.52. The van der Waals surface area contributed by atoms with Gasteiger partial charge in [-0.1, -0.05) is 38.2 Å². The van der Waals surface area contributed by atoms with Crippen molar-refractivity contribution in [2.75, 3.05) is 0 Å². The Morgan fingerprint density at radius 2 is 1.89 bits per heavy atom. The highest BCUT2D eigenvalue weighted by Gasteiger charge is 2.66. The first-order chi connectivity index (χ1) is 8.71. The fourth-order valence-electron chi connectivity index (χ4n) is 4.22. The van der Waals surface area contributed by atoms with Crippen LogP contribution in [0.15, 0.2) is 24.3 Å². The summed E-state index contributed by atoms with van der Waals surface area (Å²) in [7, 11) is 0. The van der Waals surface area contributed by atoms with Gasteiger partial charge in [-0.2, -0.15) is 0 Å². The summed E-state index contributed by atoms with van der Waals surface area (Å²) in [6, 6.07) is 0. The van der Waals surface area contributed by atoms with Crippen LogP contribution in [-0.2, 0) is 4.74 Å². The Labute approximate surface area is 117 Å². The summed E-state index contributed by atoms with van der Waals surface area (Å²) in [5.41, 5.74) is -0.297. The van der Waals surface area contributed by atoms with Crippen molar-refractivity contribution in [2.45, 2.75) is 71.2 Å². The van der Waals surface area contributed by atoms with Crippen LogP contribution in [0.5, 0.6) is 0 Å². The maximum atomic E-state index is 9.95. The summed E-state index contributed by atoms with van der Waals surface area (Å²) < 4.78 is 6.02. The quantitative estimate of drug-likeness (QED) is 0.604. The lowest BCUT2D eigenvalue weighted by atomic mass is 9.57. The Bertz CT molecular complexity index is 386. The average Bonchev–Trinajstić information content (AvgIpc) is 2.88. The molecule has 2 heteroatoms. The SMILES string of the molecule is C/C=C\C=C\C(C)C[C@@]1(C)OC1C1(C)CC(C)(O)C1. The lowest BCUT2D eigenvalue weighted by molar-refractivity contribution is -0.117. The van der Waals surface area contributed by atoms with E-state index in [1.165, 1.54) is 0 Å². The molecule has 1 saturated carbocycles. The molecule has 19 heavy (non-hydrogen) atoms. The third-order valence-electron chi connectivity index (χ3n) is 4.56. The molecule has 0 aromatic rings. The second kappa shape index (κ2) is 4.75. The molecule has 1 saturated heterocycles. The van der Waals surface area contributed by atoms with Crippen LogP contribution in [0.25, 0.3) is 0 Å². The highest BCUT2D eigenvalue weighted by Crippen LogP contribution is 2.61. The molecule has 0 amide bonds. The van der Waals surface area contributed by atoms with Crippen molar-refractivity contribution >= 4 is 0 Å². The molecule has 0 aromatic carbocycles. The zero-order valence-electron chi connectivity index (χ0n) is 12.9. The number of hydrogen-bond donors (Lipinski definition) is 1. The van der Waals surface area contributed by atoms with Crippen LogP contribution in [-0.4, -0.2) is 22.4 Å². The summed E-state index contributed by atoms with van der Waals surface area (Å²) in [5, 5.41) is 9.95. The maximum Gasteiger partial charge on any atom is 0.0931 e. The molecule has 108 valence electrons. The zero-order valence-corrected chi connectivity index (χ0v) is 12.9. The molecule has 0 aromatic heterocycles. The molecule has 0 bridgehead atoms. The Balaban J connectivity index is 1.86. The van der Waals surface area contributed by atoms with Crippen LogP contribution in [0.4, 0.5) is 0 Å². The van der Waals surface area contributed by atoms with Crippen LogP contribution in [0.2, 0.25) is 0 Å². The minimum atomic E-state index is -0.473. The topological polar surface area (TPSA) is 32.8 Å². The van der Waals surface area contributed by atoms with Gasteiger partial charge in [-0.3, -0.25) is 0 Å². The van der Waals surface area contributed by atoms with Crippen LogP contribution in [0.3, 0.4) is 0 Å². The number of allylic oxidation sites excluding steroid dienone is 4. The van der Waals surface area contributed by atoms with E-state index in [4.69, 9.17) is 4.74 Å². The summed E-state index contributed by atoms with van der Waals surface area (Å²) in [6.45, 7) is 10.7. The zero-order chi connectivity index (χ0) is 14.3. The molecular formula is C17H28O2. The van der Waals surface area contributed by atoms with Crippen LogP contribution < -0.4 is 0 Å². The van der Waals surface area contributed by atoms with Crippen molar-refractivity contribution < 1.29 is 9.84 Å². The van der Waals surface area contributed by atoms with E-state index in [9.17, 15) is 5.11 Å². The van der Waals surface area contributed by atoms with Crippen molar-refractivity contribution in [3.63, 3.8) is 0 Å². The second-order valence-electron chi connectivity index (χ2n) is 7.41. The summed E-state index contributed by atoms with van der Waals surface area (Å²) in [5.74, 6) is 0.524. The highest BCUT2D eigenvalue weighted by atomic mass is 16.6. The van der Waals surface area contributed by atoms with Gasteiger partial charge in [0, 0.05) is 5.41 Å². The fourth-order valence-corrected chi connectivity index (χ4v) is 4.22. The molecule has 1 N–H and O–H groups in total. The van der Waals surface area contributed by atoms with Crippen molar-refractivity contribution in [3.05, 3.63) is 24.3 Å². The second-order valence-corrected chi connectivity index (χ2v) is 7.41. The van der Waals surface area contributed by atoms with Crippen LogP contribution >= 0.6 is 0 Å². The third kappa shape index (κ3) is 3.11. The summed E-state index contributed by atoms with van der Waals surface area (Å²) >= 11 is 0. The number of hydrogen-bond acceptors (Lipinski definition) is 2. The largest absolute Gasteiger partial charge is 0.390 e. The van der Waals surface area contributed by atoms with Crippen molar-refractivity contribution in [3.8, 4) is 0 Å². The van der Waals surface area contributed by atoms with E-state index in [0.717, 1.165) is 19.3 Å². The van der Waals surface area contributed by atoms with Gasteiger partial charge in [0.05, 0.1) is 17.3 Å². The molecule has 1 aliphatic heterocycles.